The van der Waals surface area contributed by atoms with Crippen LogP contribution in [0.1, 0.15) is 58.1 Å². The molecule has 0 aliphatic heterocycles. The van der Waals surface area contributed by atoms with E-state index in [1.54, 1.807) is 19.1 Å². The summed E-state index contributed by atoms with van der Waals surface area (Å²) in [4.78, 5) is 21.9. The van der Waals surface area contributed by atoms with Crippen molar-refractivity contribution in [2.75, 3.05) is 6.54 Å². The van der Waals surface area contributed by atoms with Gasteiger partial charge in [0.05, 0.1) is 17.2 Å². The van der Waals surface area contributed by atoms with Gasteiger partial charge in [-0.25, -0.2) is 4.99 Å². The van der Waals surface area contributed by atoms with Crippen molar-refractivity contribution in [1.82, 2.24) is 10.3 Å². The van der Waals surface area contributed by atoms with Crippen LogP contribution >= 0.6 is 11.8 Å². The molecule has 0 radical (unpaired) electrons. The molecule has 0 fully saturated rings. The van der Waals surface area contributed by atoms with E-state index in [-0.39, 0.29) is 23.2 Å². The third-order valence-corrected chi connectivity index (χ3v) is 7.32. The number of aliphatic imine (C=N–C) groups is 1. The molecule has 0 aliphatic carbocycles. The van der Waals surface area contributed by atoms with Gasteiger partial charge in [-0.05, 0) is 63.0 Å². The van der Waals surface area contributed by atoms with Gasteiger partial charge in [-0.15, -0.1) is 0 Å². The number of thioether (sulfide) groups is 1. The zero-order chi connectivity index (χ0) is 30.3. The number of nitrogens with one attached hydrogen (secondary N) is 2. The Bertz CT molecular complexity index is 1240. The van der Waals surface area contributed by atoms with Crippen LogP contribution in [0.5, 0.6) is 0 Å². The molecular formula is C32H39F3N4OS. The lowest BCUT2D eigenvalue weighted by Gasteiger charge is -2.22. The number of hydrogen-bond donors (Lipinski definition) is 2. The predicted octanol–water partition coefficient (Wildman–Crippen LogP) is 8.21. The molecule has 0 bridgehead atoms. The highest BCUT2D eigenvalue weighted by atomic mass is 32.2. The normalized spacial score (nSPS) is 14.7. The highest BCUT2D eigenvalue weighted by molar-refractivity contribution is 8.15. The van der Waals surface area contributed by atoms with Gasteiger partial charge in [-0.2, -0.15) is 13.2 Å². The van der Waals surface area contributed by atoms with E-state index in [2.05, 4.69) is 27.4 Å². The fraction of sp³-hybridized carbons (Fsp3) is 0.375. The van der Waals surface area contributed by atoms with Crippen LogP contribution in [-0.2, 0) is 11.2 Å². The molecule has 1 aromatic carbocycles. The van der Waals surface area contributed by atoms with Crippen molar-refractivity contribution in [3.8, 4) is 0 Å². The van der Waals surface area contributed by atoms with Gasteiger partial charge in [-0.1, -0.05) is 73.7 Å². The van der Waals surface area contributed by atoms with E-state index >= 15 is 0 Å². The minimum absolute atomic E-state index is 0.0203. The van der Waals surface area contributed by atoms with E-state index < -0.39 is 17.8 Å². The van der Waals surface area contributed by atoms with Crippen molar-refractivity contribution < 1.29 is 18.0 Å². The van der Waals surface area contributed by atoms with Crippen LogP contribution in [0.3, 0.4) is 0 Å². The van der Waals surface area contributed by atoms with E-state index in [9.17, 15) is 18.0 Å². The molecule has 2 rings (SSSR count). The second-order valence-electron chi connectivity index (χ2n) is 9.47. The first-order valence-corrected chi connectivity index (χ1v) is 14.5. The van der Waals surface area contributed by atoms with Crippen LogP contribution in [0.4, 0.5) is 13.2 Å². The number of allylic oxidation sites excluding steroid dienone is 4. The summed E-state index contributed by atoms with van der Waals surface area (Å²) < 4.78 is 39.0. The third kappa shape index (κ3) is 12.3. The molecule has 0 saturated heterocycles. The molecule has 41 heavy (non-hydrogen) atoms. The second kappa shape index (κ2) is 17.4. The number of pyridine rings is 1. The number of rotatable bonds is 14. The van der Waals surface area contributed by atoms with Crippen LogP contribution in [-0.4, -0.2) is 39.6 Å². The third-order valence-electron chi connectivity index (χ3n) is 6.15. The monoisotopic (exact) mass is 584 g/mol. The van der Waals surface area contributed by atoms with Gasteiger partial charge >= 0.3 is 6.18 Å². The van der Waals surface area contributed by atoms with Crippen LogP contribution < -0.4 is 5.32 Å². The lowest BCUT2D eigenvalue weighted by atomic mass is 9.91. The van der Waals surface area contributed by atoms with Crippen molar-refractivity contribution in [2.45, 2.75) is 64.8 Å². The molecule has 0 aliphatic rings. The smallest absolute Gasteiger partial charge is 0.354 e. The van der Waals surface area contributed by atoms with Gasteiger partial charge in [0, 0.05) is 36.1 Å². The molecule has 1 aromatic heterocycles. The fourth-order valence-corrected chi connectivity index (χ4v) is 5.14. The molecule has 5 nitrogen and oxygen atoms in total. The zero-order valence-electron chi connectivity index (χ0n) is 24.0. The molecule has 0 saturated carbocycles. The highest BCUT2D eigenvalue weighted by Crippen LogP contribution is 2.27. The summed E-state index contributed by atoms with van der Waals surface area (Å²) in [5.74, 6) is -0.298. The van der Waals surface area contributed by atoms with Gasteiger partial charge in [0.25, 0.3) is 0 Å². The standard InChI is InChI=1S/C32H39F3N4OS/c1-5-11-25(7-3)27(21-24-13-9-8-10-14-24)22-38-31(40)30(28(36)12-6-2)41-23(4)39-29(15-18-32(33,34)35)26-16-19-37-20-17-26/h5,7-11,13-17,19-20,27,30,36H,6,12,18,21-22H2,1-4H3,(H,38,40). The lowest BCUT2D eigenvalue weighted by molar-refractivity contribution is -0.125. The number of aromatic nitrogens is 1. The Balaban J connectivity index is 2.29. The summed E-state index contributed by atoms with van der Waals surface area (Å²) in [6, 6.07) is 13.2. The molecule has 1 amide bonds. The summed E-state index contributed by atoms with van der Waals surface area (Å²) in [5.41, 5.74) is 3.12. The van der Waals surface area contributed by atoms with Crippen molar-refractivity contribution in [2.24, 2.45) is 10.9 Å². The highest BCUT2D eigenvalue weighted by Gasteiger charge is 2.27. The van der Waals surface area contributed by atoms with E-state index in [1.165, 1.54) is 12.4 Å². The van der Waals surface area contributed by atoms with E-state index in [1.807, 2.05) is 57.2 Å². The van der Waals surface area contributed by atoms with Crippen molar-refractivity contribution in [1.29, 1.82) is 5.41 Å². The van der Waals surface area contributed by atoms with E-state index in [0.717, 1.165) is 35.4 Å². The number of benzene rings is 1. The van der Waals surface area contributed by atoms with Crippen molar-refractivity contribution in [3.05, 3.63) is 95.9 Å². The fourth-order valence-electron chi connectivity index (χ4n) is 4.20. The topological polar surface area (TPSA) is 78.2 Å². The predicted molar refractivity (Wildman–Crippen MR) is 165 cm³/mol. The Morgan fingerprint density at radius 3 is 2.41 bits per heavy atom. The first-order valence-electron chi connectivity index (χ1n) is 13.6. The summed E-state index contributed by atoms with van der Waals surface area (Å²) >= 11 is 1.08. The van der Waals surface area contributed by atoms with Gasteiger partial charge < -0.3 is 10.7 Å². The number of alkyl halides is 3. The lowest BCUT2D eigenvalue weighted by Crippen LogP contribution is -2.41. The zero-order valence-corrected chi connectivity index (χ0v) is 24.9. The molecule has 9 heteroatoms. The first kappa shape index (κ1) is 33.7. The SMILES string of the molecule is CC=CC(=CC)C(CNC(=O)C(SC(C)=NC(=CCC(F)(F)F)c1ccncc1)C(=N)CCC)Cc1ccccc1. The van der Waals surface area contributed by atoms with Gasteiger partial charge in [0.15, 0.2) is 0 Å². The maximum Gasteiger partial charge on any atom is 0.392 e. The number of amides is 1. The Labute approximate surface area is 245 Å². The molecule has 1 heterocycles. The number of carbonyl (C=O) groups excluding carboxylic acids is 1. The van der Waals surface area contributed by atoms with E-state index in [4.69, 9.17) is 5.41 Å². The van der Waals surface area contributed by atoms with Crippen LogP contribution in [0.25, 0.3) is 5.70 Å². The number of nitrogens with zero attached hydrogens (tertiary/aromatic N) is 2. The molecule has 2 aromatic rings. The van der Waals surface area contributed by atoms with Crippen molar-refractivity contribution >= 4 is 34.1 Å². The Kier molecular flexibility index (Phi) is 14.3. The number of hydrogen-bond acceptors (Lipinski definition) is 5. The molecule has 2 atom stereocenters. The van der Waals surface area contributed by atoms with Crippen LogP contribution in [0, 0.1) is 11.3 Å². The molecular weight excluding hydrogens is 545 g/mol. The summed E-state index contributed by atoms with van der Waals surface area (Å²) in [7, 11) is 0. The van der Waals surface area contributed by atoms with Gasteiger partial charge in [-0.3, -0.25) is 9.78 Å². The minimum atomic E-state index is -4.38. The average Bonchev–Trinajstić information content (AvgIpc) is 2.95. The second-order valence-corrected chi connectivity index (χ2v) is 10.8. The average molecular weight is 585 g/mol. The Morgan fingerprint density at radius 1 is 1.15 bits per heavy atom. The molecule has 0 spiro atoms. The van der Waals surface area contributed by atoms with E-state index in [0.29, 0.717) is 30.0 Å². The van der Waals surface area contributed by atoms with Crippen molar-refractivity contribution in [3.63, 3.8) is 0 Å². The molecule has 2 N–H and O–H groups in total. The van der Waals surface area contributed by atoms with Crippen LogP contribution in [0.15, 0.2) is 89.7 Å². The number of halogens is 3. The Hall–Kier alpha value is -3.46. The number of carbonyl (C=O) groups is 1. The summed E-state index contributed by atoms with van der Waals surface area (Å²) in [6.07, 6.45) is 6.37. The molecule has 2 unspecified atom stereocenters. The maximum atomic E-state index is 13.5. The van der Waals surface area contributed by atoms with Crippen LogP contribution in [0.2, 0.25) is 0 Å². The quantitative estimate of drug-likeness (QED) is 0.133. The Morgan fingerprint density at radius 2 is 1.83 bits per heavy atom. The van der Waals surface area contributed by atoms with Gasteiger partial charge in [0.1, 0.15) is 5.25 Å². The summed E-state index contributed by atoms with van der Waals surface area (Å²) in [6.45, 7) is 7.87. The minimum Gasteiger partial charge on any atom is -0.354 e. The maximum absolute atomic E-state index is 13.5. The largest absolute Gasteiger partial charge is 0.392 e. The first-order chi connectivity index (χ1) is 19.6. The molecule has 220 valence electrons. The van der Waals surface area contributed by atoms with Gasteiger partial charge in [0.2, 0.25) is 5.91 Å². The summed E-state index contributed by atoms with van der Waals surface area (Å²) in [5, 5.41) is 11.2.